The number of phenols is 1. The number of hydrogen-bond donors (Lipinski definition) is 3. The standard InChI is InChI=1S/C22H28N2O4/c1-15-8-9-19(18(12-15)22(2,3)4)28-14-20(26)23-10-11-24-21(27)16-6-5-7-17(25)13-16/h5-9,12-13,25H,10-11,14H2,1-4H3,(H,23,26)(H,24,27). The van der Waals surface area contributed by atoms with E-state index in [1.54, 1.807) is 12.1 Å². The lowest BCUT2D eigenvalue weighted by atomic mass is 9.85. The summed E-state index contributed by atoms with van der Waals surface area (Å²) in [7, 11) is 0. The van der Waals surface area contributed by atoms with Gasteiger partial charge in [-0.05, 0) is 42.2 Å². The van der Waals surface area contributed by atoms with Crippen molar-refractivity contribution in [2.45, 2.75) is 33.1 Å². The molecule has 6 heteroatoms. The van der Waals surface area contributed by atoms with Gasteiger partial charge in [0.05, 0.1) is 0 Å². The maximum Gasteiger partial charge on any atom is 0.258 e. The lowest BCUT2D eigenvalue weighted by molar-refractivity contribution is -0.123. The molecule has 0 radical (unpaired) electrons. The second-order valence-corrected chi connectivity index (χ2v) is 7.69. The summed E-state index contributed by atoms with van der Waals surface area (Å²) in [4.78, 5) is 24.0. The highest BCUT2D eigenvalue weighted by atomic mass is 16.5. The highest BCUT2D eigenvalue weighted by Gasteiger charge is 2.19. The van der Waals surface area contributed by atoms with E-state index in [1.807, 2.05) is 19.1 Å². The molecule has 0 saturated heterocycles. The van der Waals surface area contributed by atoms with Crippen molar-refractivity contribution < 1.29 is 19.4 Å². The SMILES string of the molecule is Cc1ccc(OCC(=O)NCCNC(=O)c2cccc(O)c2)c(C(C)(C)C)c1. The first kappa shape index (κ1) is 21.3. The highest BCUT2D eigenvalue weighted by Crippen LogP contribution is 2.32. The summed E-state index contributed by atoms with van der Waals surface area (Å²) in [5.41, 5.74) is 2.47. The predicted octanol–water partition coefficient (Wildman–Crippen LogP) is 2.92. The van der Waals surface area contributed by atoms with Crippen LogP contribution in [-0.2, 0) is 10.2 Å². The topological polar surface area (TPSA) is 87.7 Å². The van der Waals surface area contributed by atoms with Gasteiger partial charge in [0.2, 0.25) is 0 Å². The number of benzene rings is 2. The molecular weight excluding hydrogens is 356 g/mol. The van der Waals surface area contributed by atoms with E-state index in [-0.39, 0.29) is 42.7 Å². The van der Waals surface area contributed by atoms with Gasteiger partial charge in [-0.2, -0.15) is 0 Å². The molecule has 0 atom stereocenters. The molecule has 0 aliphatic carbocycles. The molecule has 0 aliphatic rings. The van der Waals surface area contributed by atoms with E-state index in [0.29, 0.717) is 11.3 Å². The lowest BCUT2D eigenvalue weighted by Gasteiger charge is -2.23. The Kier molecular flexibility index (Phi) is 7.04. The fraction of sp³-hybridized carbons (Fsp3) is 0.364. The Bertz CT molecular complexity index is 841. The Morgan fingerprint density at radius 1 is 1.04 bits per heavy atom. The third-order valence-corrected chi connectivity index (χ3v) is 4.14. The van der Waals surface area contributed by atoms with Crippen molar-refractivity contribution in [3.8, 4) is 11.5 Å². The number of amides is 2. The third kappa shape index (κ3) is 6.30. The van der Waals surface area contributed by atoms with E-state index in [2.05, 4.69) is 37.5 Å². The number of aryl methyl sites for hydroxylation is 1. The molecule has 6 nitrogen and oxygen atoms in total. The number of rotatable bonds is 7. The van der Waals surface area contributed by atoms with Crippen LogP contribution in [0.1, 0.15) is 42.3 Å². The molecule has 0 fully saturated rings. The van der Waals surface area contributed by atoms with Crippen LogP contribution in [0.2, 0.25) is 0 Å². The van der Waals surface area contributed by atoms with Crippen molar-refractivity contribution in [1.82, 2.24) is 10.6 Å². The van der Waals surface area contributed by atoms with Crippen LogP contribution >= 0.6 is 0 Å². The van der Waals surface area contributed by atoms with Gasteiger partial charge in [-0.15, -0.1) is 0 Å². The van der Waals surface area contributed by atoms with E-state index >= 15 is 0 Å². The average molecular weight is 384 g/mol. The molecule has 2 aromatic carbocycles. The molecule has 28 heavy (non-hydrogen) atoms. The van der Waals surface area contributed by atoms with Crippen LogP contribution < -0.4 is 15.4 Å². The van der Waals surface area contributed by atoms with Crippen molar-refractivity contribution in [3.63, 3.8) is 0 Å². The molecule has 0 heterocycles. The van der Waals surface area contributed by atoms with E-state index in [0.717, 1.165) is 11.1 Å². The first-order valence-corrected chi connectivity index (χ1v) is 9.24. The number of carbonyl (C=O) groups excluding carboxylic acids is 2. The largest absolute Gasteiger partial charge is 0.508 e. The van der Waals surface area contributed by atoms with E-state index in [4.69, 9.17) is 4.74 Å². The summed E-state index contributed by atoms with van der Waals surface area (Å²) < 4.78 is 5.71. The molecule has 0 aliphatic heterocycles. The molecule has 2 rings (SSSR count). The maximum atomic E-state index is 12.0. The minimum absolute atomic E-state index is 0.0313. The molecular formula is C22H28N2O4. The van der Waals surface area contributed by atoms with Gasteiger partial charge in [-0.3, -0.25) is 9.59 Å². The van der Waals surface area contributed by atoms with Gasteiger partial charge in [0.1, 0.15) is 11.5 Å². The number of hydrogen-bond acceptors (Lipinski definition) is 4. The molecule has 0 unspecified atom stereocenters. The van der Waals surface area contributed by atoms with Crippen LogP contribution in [0.15, 0.2) is 42.5 Å². The molecule has 0 bridgehead atoms. The fourth-order valence-corrected chi connectivity index (χ4v) is 2.68. The smallest absolute Gasteiger partial charge is 0.258 e. The normalized spacial score (nSPS) is 11.0. The average Bonchev–Trinajstić information content (AvgIpc) is 2.63. The van der Waals surface area contributed by atoms with Crippen molar-refractivity contribution in [3.05, 3.63) is 59.2 Å². The number of nitrogens with one attached hydrogen (secondary N) is 2. The van der Waals surface area contributed by atoms with Crippen molar-refractivity contribution in [2.24, 2.45) is 0 Å². The molecule has 3 N–H and O–H groups in total. The minimum atomic E-state index is -0.309. The van der Waals surface area contributed by atoms with E-state index in [9.17, 15) is 14.7 Å². The van der Waals surface area contributed by atoms with Gasteiger partial charge in [0.15, 0.2) is 6.61 Å². The molecule has 150 valence electrons. The van der Waals surface area contributed by atoms with E-state index in [1.165, 1.54) is 12.1 Å². The minimum Gasteiger partial charge on any atom is -0.508 e. The summed E-state index contributed by atoms with van der Waals surface area (Å²) >= 11 is 0. The van der Waals surface area contributed by atoms with Crippen LogP contribution in [0.4, 0.5) is 0 Å². The van der Waals surface area contributed by atoms with Crippen LogP contribution in [0.3, 0.4) is 0 Å². The zero-order chi connectivity index (χ0) is 20.7. The summed E-state index contributed by atoms with van der Waals surface area (Å²) in [6, 6.07) is 12.0. The Labute approximate surface area is 165 Å². The molecule has 0 saturated carbocycles. The number of phenolic OH excluding ortho intramolecular Hbond substituents is 1. The summed E-state index contributed by atoms with van der Waals surface area (Å²) in [5, 5.41) is 14.8. The summed E-state index contributed by atoms with van der Waals surface area (Å²) in [6.07, 6.45) is 0. The second kappa shape index (κ2) is 9.26. The summed E-state index contributed by atoms with van der Waals surface area (Å²) in [5.74, 6) is 0.164. The maximum absolute atomic E-state index is 12.0. The first-order chi connectivity index (χ1) is 13.2. The van der Waals surface area contributed by atoms with Crippen LogP contribution in [0.5, 0.6) is 11.5 Å². The predicted molar refractivity (Wildman–Crippen MR) is 109 cm³/mol. The van der Waals surface area contributed by atoms with Crippen molar-refractivity contribution >= 4 is 11.8 Å². The zero-order valence-electron chi connectivity index (χ0n) is 16.8. The number of carbonyl (C=O) groups is 2. The van der Waals surface area contributed by atoms with Gasteiger partial charge in [-0.1, -0.05) is 44.5 Å². The van der Waals surface area contributed by atoms with Gasteiger partial charge in [0, 0.05) is 18.7 Å². The highest BCUT2D eigenvalue weighted by molar-refractivity contribution is 5.94. The monoisotopic (exact) mass is 384 g/mol. The second-order valence-electron chi connectivity index (χ2n) is 7.69. The summed E-state index contributed by atoms with van der Waals surface area (Å²) in [6.45, 7) is 8.80. The molecule has 0 spiro atoms. The van der Waals surface area contributed by atoms with Gasteiger partial charge < -0.3 is 20.5 Å². The first-order valence-electron chi connectivity index (χ1n) is 9.24. The fourth-order valence-electron chi connectivity index (χ4n) is 2.68. The van der Waals surface area contributed by atoms with E-state index < -0.39 is 0 Å². The van der Waals surface area contributed by atoms with Gasteiger partial charge >= 0.3 is 0 Å². The number of ether oxygens (including phenoxy) is 1. The zero-order valence-corrected chi connectivity index (χ0v) is 16.8. The molecule has 2 amide bonds. The van der Waals surface area contributed by atoms with Crippen LogP contribution in [0.25, 0.3) is 0 Å². The Balaban J connectivity index is 1.77. The van der Waals surface area contributed by atoms with Crippen molar-refractivity contribution in [1.29, 1.82) is 0 Å². The molecule has 2 aromatic rings. The van der Waals surface area contributed by atoms with Crippen LogP contribution in [-0.4, -0.2) is 36.6 Å². The van der Waals surface area contributed by atoms with Gasteiger partial charge in [-0.25, -0.2) is 0 Å². The van der Waals surface area contributed by atoms with Crippen LogP contribution in [0, 0.1) is 6.92 Å². The Hall–Kier alpha value is -3.02. The molecule has 0 aromatic heterocycles. The van der Waals surface area contributed by atoms with Gasteiger partial charge in [0.25, 0.3) is 11.8 Å². The lowest BCUT2D eigenvalue weighted by Crippen LogP contribution is -2.36. The Morgan fingerprint density at radius 3 is 2.43 bits per heavy atom. The Morgan fingerprint density at radius 2 is 1.75 bits per heavy atom. The quantitative estimate of drug-likeness (QED) is 0.641. The van der Waals surface area contributed by atoms with Crippen molar-refractivity contribution in [2.75, 3.05) is 19.7 Å². The number of aromatic hydroxyl groups is 1. The third-order valence-electron chi connectivity index (χ3n) is 4.14.